The zero-order chi connectivity index (χ0) is 21.6. The fourth-order valence-corrected chi connectivity index (χ4v) is 3.27. The van der Waals surface area contributed by atoms with Gasteiger partial charge in [0.2, 0.25) is 5.91 Å². The predicted octanol–water partition coefficient (Wildman–Crippen LogP) is 3.88. The number of benzene rings is 3. The Labute approximate surface area is 167 Å². The molecule has 5 nitrogen and oxygen atoms in total. The Kier molecular flexibility index (Phi) is 4.54. The normalized spacial score (nSPS) is 11.0. The summed E-state index contributed by atoms with van der Waals surface area (Å²) in [6.07, 6.45) is 1.30. The summed E-state index contributed by atoms with van der Waals surface area (Å²) < 4.78 is 42.4. The molecule has 30 heavy (non-hydrogen) atoms. The van der Waals surface area contributed by atoms with E-state index in [4.69, 9.17) is 5.73 Å². The third-order valence-electron chi connectivity index (χ3n) is 4.70. The summed E-state index contributed by atoms with van der Waals surface area (Å²) in [6, 6.07) is 11.5. The standard InChI is InChI=1S/C22H13F3N2O3/c23-18-7-12(8-19(24)20(18)25)17-10-27(13-3-1-2-11(6-13)21(26)29)22(30)15-5-4-14(28)9-16(15)17/h1-10,28H,(H2,26,29). The van der Waals surface area contributed by atoms with Crippen molar-refractivity contribution >= 4 is 16.7 Å². The molecule has 0 fully saturated rings. The van der Waals surface area contributed by atoms with Crippen molar-refractivity contribution in [3.8, 4) is 22.6 Å². The Morgan fingerprint density at radius 1 is 0.933 bits per heavy atom. The van der Waals surface area contributed by atoms with Crippen LogP contribution in [0.5, 0.6) is 5.75 Å². The lowest BCUT2D eigenvalue weighted by Crippen LogP contribution is -2.19. The largest absolute Gasteiger partial charge is 0.508 e. The van der Waals surface area contributed by atoms with Crippen molar-refractivity contribution in [1.29, 1.82) is 0 Å². The first-order chi connectivity index (χ1) is 14.3. The van der Waals surface area contributed by atoms with Crippen LogP contribution in [0.1, 0.15) is 10.4 Å². The average molecular weight is 410 g/mol. The molecule has 4 rings (SSSR count). The molecule has 1 heterocycles. The van der Waals surface area contributed by atoms with Gasteiger partial charge < -0.3 is 10.8 Å². The minimum absolute atomic E-state index is 0.0400. The van der Waals surface area contributed by atoms with E-state index in [-0.39, 0.29) is 38.9 Å². The van der Waals surface area contributed by atoms with E-state index < -0.39 is 28.9 Å². The number of nitrogens with zero attached hydrogens (tertiary/aromatic N) is 1. The first-order valence-corrected chi connectivity index (χ1v) is 8.70. The molecule has 1 aromatic heterocycles. The maximum absolute atomic E-state index is 13.9. The Morgan fingerprint density at radius 3 is 2.30 bits per heavy atom. The molecule has 0 aliphatic heterocycles. The van der Waals surface area contributed by atoms with Gasteiger partial charge in [-0.05, 0) is 54.1 Å². The van der Waals surface area contributed by atoms with Gasteiger partial charge in [-0.15, -0.1) is 0 Å². The van der Waals surface area contributed by atoms with E-state index in [9.17, 15) is 27.9 Å². The third kappa shape index (κ3) is 3.18. The van der Waals surface area contributed by atoms with Crippen LogP contribution in [0, 0.1) is 17.5 Å². The van der Waals surface area contributed by atoms with Crippen LogP contribution in [0.25, 0.3) is 27.6 Å². The number of phenolic OH excluding ortho intramolecular Hbond substituents is 1. The van der Waals surface area contributed by atoms with Crippen LogP contribution in [-0.2, 0) is 0 Å². The number of rotatable bonds is 3. The van der Waals surface area contributed by atoms with Crippen LogP contribution in [0.2, 0.25) is 0 Å². The van der Waals surface area contributed by atoms with Crippen LogP contribution in [0.15, 0.2) is 65.6 Å². The highest BCUT2D eigenvalue weighted by Crippen LogP contribution is 2.32. The van der Waals surface area contributed by atoms with Gasteiger partial charge in [-0.1, -0.05) is 6.07 Å². The van der Waals surface area contributed by atoms with E-state index in [1.807, 2.05) is 0 Å². The number of primary amides is 1. The van der Waals surface area contributed by atoms with Gasteiger partial charge in [0.05, 0.1) is 0 Å². The quantitative estimate of drug-likeness (QED) is 0.503. The number of carbonyl (C=O) groups is 1. The second-order valence-corrected chi connectivity index (χ2v) is 6.62. The number of fused-ring (bicyclic) bond motifs is 1. The number of hydrogen-bond donors (Lipinski definition) is 2. The summed E-state index contributed by atoms with van der Waals surface area (Å²) in [5, 5.41) is 10.2. The smallest absolute Gasteiger partial charge is 0.262 e. The molecular weight excluding hydrogens is 397 g/mol. The number of phenols is 1. The van der Waals surface area contributed by atoms with Gasteiger partial charge in [0.25, 0.3) is 5.56 Å². The highest BCUT2D eigenvalue weighted by molar-refractivity contribution is 5.97. The van der Waals surface area contributed by atoms with E-state index in [1.165, 1.54) is 47.2 Å². The van der Waals surface area contributed by atoms with Crippen LogP contribution < -0.4 is 11.3 Å². The summed E-state index contributed by atoms with van der Waals surface area (Å²) in [4.78, 5) is 24.6. The van der Waals surface area contributed by atoms with Crippen LogP contribution in [-0.4, -0.2) is 15.6 Å². The van der Waals surface area contributed by atoms with E-state index in [0.29, 0.717) is 0 Å². The number of pyridine rings is 1. The number of nitrogens with two attached hydrogens (primary N) is 1. The number of carbonyl (C=O) groups excluding carboxylic acids is 1. The first kappa shape index (κ1) is 19.3. The fourth-order valence-electron chi connectivity index (χ4n) is 3.27. The van der Waals surface area contributed by atoms with Crippen molar-refractivity contribution in [2.24, 2.45) is 5.73 Å². The van der Waals surface area contributed by atoms with Crippen molar-refractivity contribution in [3.63, 3.8) is 0 Å². The summed E-state index contributed by atoms with van der Waals surface area (Å²) in [6.45, 7) is 0. The number of aromatic nitrogens is 1. The summed E-state index contributed by atoms with van der Waals surface area (Å²) in [7, 11) is 0. The van der Waals surface area contributed by atoms with Gasteiger partial charge in [-0.2, -0.15) is 0 Å². The average Bonchev–Trinajstić information content (AvgIpc) is 2.72. The predicted molar refractivity (Wildman–Crippen MR) is 105 cm³/mol. The van der Waals surface area contributed by atoms with Crippen LogP contribution in [0.4, 0.5) is 13.2 Å². The van der Waals surface area contributed by atoms with Crippen LogP contribution in [0.3, 0.4) is 0 Å². The molecule has 150 valence electrons. The summed E-state index contributed by atoms with van der Waals surface area (Å²) in [5.41, 5.74) is 5.37. The van der Waals surface area contributed by atoms with E-state index >= 15 is 0 Å². The lowest BCUT2D eigenvalue weighted by Gasteiger charge is -2.14. The summed E-state index contributed by atoms with van der Waals surface area (Å²) >= 11 is 0. The van der Waals surface area contributed by atoms with Gasteiger partial charge in [-0.25, -0.2) is 13.2 Å². The van der Waals surface area contributed by atoms with Crippen molar-refractivity contribution in [2.75, 3.05) is 0 Å². The third-order valence-corrected chi connectivity index (χ3v) is 4.70. The molecule has 0 aliphatic rings. The molecule has 3 N–H and O–H groups in total. The monoisotopic (exact) mass is 410 g/mol. The lowest BCUT2D eigenvalue weighted by atomic mass is 9.99. The molecule has 0 saturated heterocycles. The fraction of sp³-hybridized carbons (Fsp3) is 0. The zero-order valence-corrected chi connectivity index (χ0v) is 15.2. The molecule has 0 spiro atoms. The molecule has 0 radical (unpaired) electrons. The van der Waals surface area contributed by atoms with Crippen LogP contribution >= 0.6 is 0 Å². The van der Waals surface area contributed by atoms with Crippen molar-refractivity contribution < 1.29 is 23.1 Å². The molecule has 0 aliphatic carbocycles. The molecule has 1 amide bonds. The molecule has 0 bridgehead atoms. The molecule has 0 saturated carbocycles. The molecule has 3 aromatic carbocycles. The van der Waals surface area contributed by atoms with E-state index in [1.54, 1.807) is 6.07 Å². The Morgan fingerprint density at radius 2 is 1.63 bits per heavy atom. The highest BCUT2D eigenvalue weighted by atomic mass is 19.2. The molecule has 4 aromatic rings. The molecule has 0 unspecified atom stereocenters. The van der Waals surface area contributed by atoms with E-state index in [2.05, 4.69) is 0 Å². The minimum Gasteiger partial charge on any atom is -0.508 e. The van der Waals surface area contributed by atoms with Gasteiger partial charge in [0, 0.05) is 33.8 Å². The van der Waals surface area contributed by atoms with Gasteiger partial charge in [0.15, 0.2) is 17.5 Å². The maximum Gasteiger partial charge on any atom is 0.262 e. The van der Waals surface area contributed by atoms with Gasteiger partial charge in [0.1, 0.15) is 5.75 Å². The SMILES string of the molecule is NC(=O)c1cccc(-n2cc(-c3cc(F)c(F)c(F)c3)c3cc(O)ccc3c2=O)c1. The molecule has 0 atom stereocenters. The Balaban J connectivity index is 2.09. The lowest BCUT2D eigenvalue weighted by molar-refractivity contribution is 0.1000. The molecule has 8 heteroatoms. The number of hydrogen-bond acceptors (Lipinski definition) is 3. The number of halogens is 3. The first-order valence-electron chi connectivity index (χ1n) is 8.70. The zero-order valence-electron chi connectivity index (χ0n) is 15.2. The second-order valence-electron chi connectivity index (χ2n) is 6.62. The van der Waals surface area contributed by atoms with E-state index in [0.717, 1.165) is 12.1 Å². The second kappa shape index (κ2) is 7.07. The number of amides is 1. The van der Waals surface area contributed by atoms with Gasteiger partial charge in [-0.3, -0.25) is 14.2 Å². The Bertz CT molecular complexity index is 1370. The van der Waals surface area contributed by atoms with Gasteiger partial charge >= 0.3 is 0 Å². The Hall–Kier alpha value is -4.07. The minimum atomic E-state index is -1.62. The van der Waals surface area contributed by atoms with Crippen molar-refractivity contribution in [1.82, 2.24) is 4.57 Å². The summed E-state index contributed by atoms with van der Waals surface area (Å²) in [5.74, 6) is -5.27. The number of aromatic hydroxyl groups is 1. The van der Waals surface area contributed by atoms with Crippen molar-refractivity contribution in [2.45, 2.75) is 0 Å². The topological polar surface area (TPSA) is 85.3 Å². The maximum atomic E-state index is 13.9. The highest BCUT2D eigenvalue weighted by Gasteiger charge is 2.17. The van der Waals surface area contributed by atoms with Crippen molar-refractivity contribution in [3.05, 3.63) is 94.2 Å². The molecular formula is C22H13F3N2O3.